The fourth-order valence-corrected chi connectivity index (χ4v) is 4.04. The molecule has 0 N–H and O–H groups in total. The molecule has 2 aromatic carbocycles. The van der Waals surface area contributed by atoms with Crippen molar-refractivity contribution >= 4 is 0 Å². The van der Waals surface area contributed by atoms with E-state index in [9.17, 15) is 0 Å². The van der Waals surface area contributed by atoms with Gasteiger partial charge in [-0.15, -0.1) is 6.58 Å². The number of benzene rings is 2. The lowest BCUT2D eigenvalue weighted by atomic mass is 9.86. The zero-order chi connectivity index (χ0) is 17.8. The van der Waals surface area contributed by atoms with E-state index in [1.807, 2.05) is 6.08 Å². The molecular formula is C23H29NO. The first-order chi connectivity index (χ1) is 12.1. The SMILES string of the molecule is C=CCN(C1CCc2c(cccc2OC)C1)C(C)c1ccc(C)cc1. The van der Waals surface area contributed by atoms with Crippen molar-refractivity contribution in [2.24, 2.45) is 0 Å². The molecule has 2 atom stereocenters. The van der Waals surface area contributed by atoms with Gasteiger partial charge in [0.05, 0.1) is 7.11 Å². The van der Waals surface area contributed by atoms with Gasteiger partial charge in [-0.1, -0.05) is 48.0 Å². The molecule has 0 aliphatic heterocycles. The highest BCUT2D eigenvalue weighted by atomic mass is 16.5. The Morgan fingerprint density at radius 2 is 2.00 bits per heavy atom. The molecule has 0 aromatic heterocycles. The fraction of sp³-hybridized carbons (Fsp3) is 0.391. The van der Waals surface area contributed by atoms with Gasteiger partial charge in [0.15, 0.2) is 0 Å². The Balaban J connectivity index is 1.83. The van der Waals surface area contributed by atoms with E-state index in [0.717, 1.165) is 31.6 Å². The summed E-state index contributed by atoms with van der Waals surface area (Å²) in [5.74, 6) is 1.04. The number of hydrogen-bond acceptors (Lipinski definition) is 2. The molecule has 2 unspecified atom stereocenters. The molecule has 132 valence electrons. The van der Waals surface area contributed by atoms with Gasteiger partial charge in [-0.25, -0.2) is 0 Å². The topological polar surface area (TPSA) is 12.5 Å². The third-order valence-corrected chi connectivity index (χ3v) is 5.50. The Morgan fingerprint density at radius 3 is 2.68 bits per heavy atom. The summed E-state index contributed by atoms with van der Waals surface area (Å²) < 4.78 is 5.55. The molecule has 0 amide bonds. The first kappa shape index (κ1) is 17.8. The first-order valence-corrected chi connectivity index (χ1v) is 9.22. The van der Waals surface area contributed by atoms with E-state index < -0.39 is 0 Å². The quantitative estimate of drug-likeness (QED) is 0.680. The summed E-state index contributed by atoms with van der Waals surface area (Å²) in [5.41, 5.74) is 5.51. The molecule has 0 bridgehead atoms. The van der Waals surface area contributed by atoms with Gasteiger partial charge in [-0.3, -0.25) is 4.90 Å². The maximum Gasteiger partial charge on any atom is 0.122 e. The molecule has 0 heterocycles. The first-order valence-electron chi connectivity index (χ1n) is 9.22. The van der Waals surface area contributed by atoms with Gasteiger partial charge in [0, 0.05) is 18.6 Å². The van der Waals surface area contributed by atoms with Crippen molar-refractivity contribution in [2.75, 3.05) is 13.7 Å². The Bertz CT molecular complexity index is 719. The van der Waals surface area contributed by atoms with E-state index in [1.54, 1.807) is 7.11 Å². The van der Waals surface area contributed by atoms with Crippen LogP contribution < -0.4 is 4.74 Å². The minimum atomic E-state index is 0.385. The van der Waals surface area contributed by atoms with Gasteiger partial charge in [0.1, 0.15) is 5.75 Å². The van der Waals surface area contributed by atoms with Gasteiger partial charge in [0.2, 0.25) is 0 Å². The van der Waals surface area contributed by atoms with Gasteiger partial charge in [-0.05, 0) is 55.9 Å². The fourth-order valence-electron chi connectivity index (χ4n) is 4.04. The Hall–Kier alpha value is -2.06. The number of ether oxygens (including phenoxy) is 1. The lowest BCUT2D eigenvalue weighted by molar-refractivity contribution is 0.147. The third-order valence-electron chi connectivity index (χ3n) is 5.50. The minimum absolute atomic E-state index is 0.385. The Morgan fingerprint density at radius 1 is 1.24 bits per heavy atom. The van der Waals surface area contributed by atoms with Crippen molar-refractivity contribution < 1.29 is 4.74 Å². The molecule has 25 heavy (non-hydrogen) atoms. The van der Waals surface area contributed by atoms with Crippen molar-refractivity contribution in [1.82, 2.24) is 4.90 Å². The highest BCUT2D eigenvalue weighted by Gasteiger charge is 2.28. The second-order valence-corrected chi connectivity index (χ2v) is 7.07. The molecule has 0 radical (unpaired) electrons. The van der Waals surface area contributed by atoms with Crippen molar-refractivity contribution in [1.29, 1.82) is 0 Å². The maximum absolute atomic E-state index is 5.55. The highest BCUT2D eigenvalue weighted by Crippen LogP contribution is 2.34. The summed E-state index contributed by atoms with van der Waals surface area (Å²) >= 11 is 0. The third kappa shape index (κ3) is 3.80. The summed E-state index contributed by atoms with van der Waals surface area (Å²) in [6.07, 6.45) is 5.36. The molecule has 2 aromatic rings. The van der Waals surface area contributed by atoms with Crippen LogP contribution in [-0.2, 0) is 12.8 Å². The predicted molar refractivity (Wildman–Crippen MR) is 105 cm³/mol. The van der Waals surface area contributed by atoms with E-state index in [-0.39, 0.29) is 0 Å². The molecule has 2 heteroatoms. The summed E-state index contributed by atoms with van der Waals surface area (Å²) in [6.45, 7) is 9.37. The van der Waals surface area contributed by atoms with Crippen LogP contribution in [0.2, 0.25) is 0 Å². The van der Waals surface area contributed by atoms with E-state index in [4.69, 9.17) is 4.74 Å². The zero-order valence-corrected chi connectivity index (χ0v) is 15.7. The maximum atomic E-state index is 5.55. The van der Waals surface area contributed by atoms with Crippen LogP contribution in [0, 0.1) is 6.92 Å². The van der Waals surface area contributed by atoms with Gasteiger partial charge >= 0.3 is 0 Å². The number of methoxy groups -OCH3 is 1. The van der Waals surface area contributed by atoms with Gasteiger partial charge in [-0.2, -0.15) is 0 Å². The average molecular weight is 335 g/mol. The number of rotatable bonds is 6. The van der Waals surface area contributed by atoms with Crippen LogP contribution in [0.3, 0.4) is 0 Å². The summed E-state index contributed by atoms with van der Waals surface area (Å²) in [7, 11) is 1.77. The molecule has 2 nitrogen and oxygen atoms in total. The number of aryl methyl sites for hydroxylation is 1. The number of nitrogens with zero attached hydrogens (tertiary/aromatic N) is 1. The van der Waals surface area contributed by atoms with E-state index in [1.165, 1.54) is 22.3 Å². The second-order valence-electron chi connectivity index (χ2n) is 7.07. The monoisotopic (exact) mass is 335 g/mol. The largest absolute Gasteiger partial charge is 0.496 e. The predicted octanol–water partition coefficient (Wildman–Crippen LogP) is 5.11. The van der Waals surface area contributed by atoms with Crippen LogP contribution in [0.1, 0.15) is 41.6 Å². The molecule has 0 saturated carbocycles. The average Bonchev–Trinajstić information content (AvgIpc) is 2.65. The Labute approximate surface area is 152 Å². The van der Waals surface area contributed by atoms with Crippen LogP contribution in [0.15, 0.2) is 55.1 Å². The lowest BCUT2D eigenvalue weighted by Gasteiger charge is -2.39. The Kier molecular flexibility index (Phi) is 5.60. The summed E-state index contributed by atoms with van der Waals surface area (Å²) in [4.78, 5) is 2.60. The zero-order valence-electron chi connectivity index (χ0n) is 15.7. The van der Waals surface area contributed by atoms with Crippen LogP contribution >= 0.6 is 0 Å². The smallest absolute Gasteiger partial charge is 0.122 e. The summed E-state index contributed by atoms with van der Waals surface area (Å²) in [5, 5.41) is 0. The van der Waals surface area contributed by atoms with Crippen LogP contribution in [-0.4, -0.2) is 24.6 Å². The van der Waals surface area contributed by atoms with Gasteiger partial charge in [0.25, 0.3) is 0 Å². The summed E-state index contributed by atoms with van der Waals surface area (Å²) in [6, 6.07) is 16.3. The van der Waals surface area contributed by atoms with Crippen molar-refractivity contribution in [3.05, 3.63) is 77.4 Å². The van der Waals surface area contributed by atoms with Crippen molar-refractivity contribution in [2.45, 2.75) is 45.2 Å². The van der Waals surface area contributed by atoms with E-state index >= 15 is 0 Å². The molecule has 0 saturated heterocycles. The standard InChI is InChI=1S/C23H29NO/c1-5-15-24(18(3)19-11-9-17(2)10-12-19)21-13-14-22-20(16-21)7-6-8-23(22)25-4/h5-12,18,21H,1,13-16H2,2-4H3. The molecule has 3 rings (SSSR count). The van der Waals surface area contributed by atoms with Crippen LogP contribution in [0.4, 0.5) is 0 Å². The molecule has 1 aliphatic rings. The molecule has 0 fully saturated rings. The van der Waals surface area contributed by atoms with E-state index in [2.05, 4.69) is 67.8 Å². The number of hydrogen-bond donors (Lipinski definition) is 0. The van der Waals surface area contributed by atoms with Crippen molar-refractivity contribution in [3.63, 3.8) is 0 Å². The van der Waals surface area contributed by atoms with Crippen LogP contribution in [0.5, 0.6) is 5.75 Å². The molecular weight excluding hydrogens is 306 g/mol. The van der Waals surface area contributed by atoms with Gasteiger partial charge < -0.3 is 4.74 Å². The van der Waals surface area contributed by atoms with Crippen molar-refractivity contribution in [3.8, 4) is 5.75 Å². The number of fused-ring (bicyclic) bond motifs is 1. The van der Waals surface area contributed by atoms with Crippen LogP contribution in [0.25, 0.3) is 0 Å². The molecule has 1 aliphatic carbocycles. The normalized spacial score (nSPS) is 17.8. The second kappa shape index (κ2) is 7.88. The lowest BCUT2D eigenvalue weighted by Crippen LogP contribution is -2.41. The van der Waals surface area contributed by atoms with E-state index in [0.29, 0.717) is 12.1 Å². The highest BCUT2D eigenvalue weighted by molar-refractivity contribution is 5.42. The molecule has 0 spiro atoms. The minimum Gasteiger partial charge on any atom is -0.496 e.